The van der Waals surface area contributed by atoms with Gasteiger partial charge in [0.2, 0.25) is 0 Å². The lowest BCUT2D eigenvalue weighted by Crippen LogP contribution is -2.22. The predicted molar refractivity (Wildman–Crippen MR) is 87.4 cm³/mol. The Balaban J connectivity index is 2.14. The van der Waals surface area contributed by atoms with Gasteiger partial charge in [-0.05, 0) is 56.3 Å². The molecule has 0 aliphatic heterocycles. The van der Waals surface area contributed by atoms with E-state index in [4.69, 9.17) is 4.74 Å². The molecule has 0 fully saturated rings. The summed E-state index contributed by atoms with van der Waals surface area (Å²) in [4.78, 5) is 16.1. The average Bonchev–Trinajstić information content (AvgIpc) is 2.55. The third-order valence-electron chi connectivity index (χ3n) is 3.65. The monoisotopic (exact) mass is 306 g/mol. The molecular formula is C19H16NO3-. The summed E-state index contributed by atoms with van der Waals surface area (Å²) in [5, 5.41) is 12.1. The van der Waals surface area contributed by atoms with Crippen molar-refractivity contribution in [2.24, 2.45) is 0 Å². The fourth-order valence-corrected chi connectivity index (χ4v) is 2.54. The van der Waals surface area contributed by atoms with Gasteiger partial charge in [-0.15, -0.1) is 0 Å². The van der Waals surface area contributed by atoms with Gasteiger partial charge in [-0.25, -0.2) is 4.98 Å². The molecule has 0 spiro atoms. The van der Waals surface area contributed by atoms with E-state index in [9.17, 15) is 9.90 Å². The third kappa shape index (κ3) is 3.01. The highest BCUT2D eigenvalue weighted by atomic mass is 16.5. The maximum absolute atomic E-state index is 11.5. The Morgan fingerprint density at radius 3 is 2.52 bits per heavy atom. The molecule has 0 amide bonds. The van der Waals surface area contributed by atoms with Gasteiger partial charge in [0.1, 0.15) is 5.75 Å². The summed E-state index contributed by atoms with van der Waals surface area (Å²) in [6.45, 7) is 4.44. The van der Waals surface area contributed by atoms with Crippen molar-refractivity contribution >= 4 is 16.9 Å². The van der Waals surface area contributed by atoms with Gasteiger partial charge < -0.3 is 14.6 Å². The molecule has 0 unspecified atom stereocenters. The van der Waals surface area contributed by atoms with E-state index in [0.29, 0.717) is 23.2 Å². The van der Waals surface area contributed by atoms with Crippen molar-refractivity contribution in [2.75, 3.05) is 6.61 Å². The normalized spacial score (nSPS) is 10.7. The standard InChI is InChI=1S/C19H17NO3/c1-3-23-14-7-5-13(6-8-14)18-11-16(19(21)22)15-10-12(2)4-9-17(15)20-18/h4-11H,3H2,1-2H3,(H,21,22)/p-1. The number of carboxylic acid groups (broad SMARTS) is 1. The molecule has 0 aliphatic rings. The Hall–Kier alpha value is -2.88. The molecule has 4 nitrogen and oxygen atoms in total. The second kappa shape index (κ2) is 6.08. The Labute approximate surface area is 134 Å². The Kier molecular flexibility index (Phi) is 3.98. The minimum absolute atomic E-state index is 0.155. The summed E-state index contributed by atoms with van der Waals surface area (Å²) in [6, 6.07) is 14.5. The van der Waals surface area contributed by atoms with Crippen LogP contribution in [0.2, 0.25) is 0 Å². The number of carbonyl (C=O) groups excluding carboxylic acids is 1. The molecule has 0 atom stereocenters. The first-order valence-corrected chi connectivity index (χ1v) is 7.44. The van der Waals surface area contributed by atoms with Crippen LogP contribution in [0.4, 0.5) is 0 Å². The number of carbonyl (C=O) groups is 1. The van der Waals surface area contributed by atoms with Crippen LogP contribution in [0.1, 0.15) is 22.8 Å². The van der Waals surface area contributed by atoms with E-state index in [1.165, 1.54) is 0 Å². The molecule has 0 N–H and O–H groups in total. The first kappa shape index (κ1) is 15.0. The Morgan fingerprint density at radius 1 is 1.13 bits per heavy atom. The quantitative estimate of drug-likeness (QED) is 0.743. The van der Waals surface area contributed by atoms with E-state index in [-0.39, 0.29) is 5.56 Å². The largest absolute Gasteiger partial charge is 0.545 e. The molecule has 23 heavy (non-hydrogen) atoms. The topological polar surface area (TPSA) is 62.2 Å². The minimum atomic E-state index is -1.20. The lowest BCUT2D eigenvalue weighted by Gasteiger charge is -2.11. The number of rotatable bonds is 4. The van der Waals surface area contributed by atoms with Gasteiger partial charge in [0.25, 0.3) is 0 Å². The summed E-state index contributed by atoms with van der Waals surface area (Å²) < 4.78 is 5.42. The zero-order chi connectivity index (χ0) is 16.4. The molecule has 0 radical (unpaired) electrons. The first-order chi connectivity index (χ1) is 11.1. The van der Waals surface area contributed by atoms with Crippen LogP contribution in [0.15, 0.2) is 48.5 Å². The number of aromatic carboxylic acids is 1. The molecule has 1 heterocycles. The molecule has 0 saturated heterocycles. The third-order valence-corrected chi connectivity index (χ3v) is 3.65. The molecule has 2 aromatic carbocycles. The molecule has 0 aliphatic carbocycles. The number of pyridine rings is 1. The van der Waals surface area contributed by atoms with E-state index in [0.717, 1.165) is 16.9 Å². The number of hydrogen-bond acceptors (Lipinski definition) is 4. The van der Waals surface area contributed by atoms with Gasteiger partial charge in [-0.2, -0.15) is 0 Å². The van der Waals surface area contributed by atoms with E-state index in [1.54, 1.807) is 6.07 Å². The number of ether oxygens (including phenoxy) is 1. The number of carboxylic acids is 1. The molecule has 4 heteroatoms. The van der Waals surface area contributed by atoms with Crippen LogP contribution in [0.25, 0.3) is 22.2 Å². The maximum atomic E-state index is 11.5. The van der Waals surface area contributed by atoms with Crippen molar-refractivity contribution in [1.29, 1.82) is 0 Å². The zero-order valence-electron chi connectivity index (χ0n) is 13.0. The van der Waals surface area contributed by atoms with Crippen molar-refractivity contribution < 1.29 is 14.6 Å². The highest BCUT2D eigenvalue weighted by Crippen LogP contribution is 2.26. The molecule has 1 aromatic heterocycles. The van der Waals surface area contributed by atoms with E-state index < -0.39 is 5.97 Å². The summed E-state index contributed by atoms with van der Waals surface area (Å²) in [6.07, 6.45) is 0. The summed E-state index contributed by atoms with van der Waals surface area (Å²) in [5.41, 5.74) is 3.21. The maximum Gasteiger partial charge on any atom is 0.119 e. The van der Waals surface area contributed by atoms with Crippen LogP contribution in [0, 0.1) is 6.92 Å². The number of nitrogens with zero attached hydrogens (tertiary/aromatic N) is 1. The van der Waals surface area contributed by atoms with Crippen LogP contribution >= 0.6 is 0 Å². The highest BCUT2D eigenvalue weighted by Gasteiger charge is 2.09. The van der Waals surface area contributed by atoms with Crippen molar-refractivity contribution in [3.05, 3.63) is 59.7 Å². The molecule has 0 bridgehead atoms. The number of fused-ring (bicyclic) bond motifs is 1. The lowest BCUT2D eigenvalue weighted by atomic mass is 10.0. The molecular weight excluding hydrogens is 290 g/mol. The Bertz CT molecular complexity index is 870. The number of aromatic nitrogens is 1. The SMILES string of the molecule is CCOc1ccc(-c2cc(C(=O)[O-])c3cc(C)ccc3n2)cc1. The lowest BCUT2D eigenvalue weighted by molar-refractivity contribution is -0.254. The molecule has 0 saturated carbocycles. The van der Waals surface area contributed by atoms with Gasteiger partial charge in [-0.3, -0.25) is 0 Å². The van der Waals surface area contributed by atoms with Crippen molar-refractivity contribution in [1.82, 2.24) is 4.98 Å². The predicted octanol–water partition coefficient (Wildman–Crippen LogP) is 2.97. The number of aryl methyl sites for hydroxylation is 1. The second-order valence-corrected chi connectivity index (χ2v) is 5.32. The van der Waals surface area contributed by atoms with Gasteiger partial charge >= 0.3 is 0 Å². The second-order valence-electron chi connectivity index (χ2n) is 5.32. The van der Waals surface area contributed by atoms with Gasteiger partial charge in [0.15, 0.2) is 0 Å². The van der Waals surface area contributed by atoms with Crippen LogP contribution in [-0.4, -0.2) is 17.6 Å². The molecule has 116 valence electrons. The summed E-state index contributed by atoms with van der Waals surface area (Å²) in [5.74, 6) is -0.428. The summed E-state index contributed by atoms with van der Waals surface area (Å²) in [7, 11) is 0. The van der Waals surface area contributed by atoms with Crippen LogP contribution in [0.5, 0.6) is 5.75 Å². The first-order valence-electron chi connectivity index (χ1n) is 7.44. The Morgan fingerprint density at radius 2 is 1.87 bits per heavy atom. The van der Waals surface area contributed by atoms with Crippen molar-refractivity contribution in [3.63, 3.8) is 0 Å². The zero-order valence-corrected chi connectivity index (χ0v) is 13.0. The van der Waals surface area contributed by atoms with E-state index in [1.807, 2.05) is 56.3 Å². The number of hydrogen-bond donors (Lipinski definition) is 0. The average molecular weight is 306 g/mol. The van der Waals surface area contributed by atoms with Gasteiger partial charge in [0.05, 0.1) is 23.8 Å². The summed E-state index contributed by atoms with van der Waals surface area (Å²) >= 11 is 0. The van der Waals surface area contributed by atoms with Crippen molar-refractivity contribution in [3.8, 4) is 17.0 Å². The van der Waals surface area contributed by atoms with Gasteiger partial charge in [0, 0.05) is 16.5 Å². The van der Waals surface area contributed by atoms with E-state index >= 15 is 0 Å². The van der Waals surface area contributed by atoms with E-state index in [2.05, 4.69) is 4.98 Å². The van der Waals surface area contributed by atoms with Crippen LogP contribution < -0.4 is 9.84 Å². The fraction of sp³-hybridized carbons (Fsp3) is 0.158. The van der Waals surface area contributed by atoms with Crippen molar-refractivity contribution in [2.45, 2.75) is 13.8 Å². The van der Waals surface area contributed by atoms with Gasteiger partial charge in [-0.1, -0.05) is 11.6 Å². The number of benzene rings is 2. The molecule has 3 rings (SSSR count). The minimum Gasteiger partial charge on any atom is -0.545 e. The molecule has 3 aromatic rings. The fourth-order valence-electron chi connectivity index (χ4n) is 2.54. The van der Waals surface area contributed by atoms with Crippen LogP contribution in [0.3, 0.4) is 0 Å². The van der Waals surface area contributed by atoms with Crippen LogP contribution in [-0.2, 0) is 0 Å². The smallest absolute Gasteiger partial charge is 0.119 e. The highest BCUT2D eigenvalue weighted by molar-refractivity contribution is 6.03.